The molecular formula is C11H20O3. The van der Waals surface area contributed by atoms with Gasteiger partial charge in [0.2, 0.25) is 0 Å². The Kier molecular flexibility index (Phi) is 8.53. The van der Waals surface area contributed by atoms with Crippen LogP contribution in [0.5, 0.6) is 0 Å². The quantitative estimate of drug-likeness (QED) is 0.456. The number of hydrogen-bond donors (Lipinski definition) is 1. The van der Waals surface area contributed by atoms with Gasteiger partial charge in [-0.05, 0) is 6.42 Å². The molecular weight excluding hydrogens is 180 g/mol. The van der Waals surface area contributed by atoms with E-state index < -0.39 is 12.4 Å². The average Bonchev–Trinajstić information content (AvgIpc) is 2.18. The van der Waals surface area contributed by atoms with E-state index in [1.807, 2.05) is 6.92 Å². The fourth-order valence-corrected chi connectivity index (χ4v) is 1.03. The van der Waals surface area contributed by atoms with Gasteiger partial charge in [-0.2, -0.15) is 0 Å². The summed E-state index contributed by atoms with van der Waals surface area (Å²) in [6.07, 6.45) is 3.66. The predicted molar refractivity (Wildman–Crippen MR) is 57.0 cm³/mol. The first-order valence-electron chi connectivity index (χ1n) is 4.89. The van der Waals surface area contributed by atoms with Gasteiger partial charge in [-0.3, -0.25) is 0 Å². The second-order valence-corrected chi connectivity index (χ2v) is 2.97. The minimum atomic E-state index is -0.583. The third-order valence-electron chi connectivity index (χ3n) is 1.66. The Morgan fingerprint density at radius 2 is 1.71 bits per heavy atom. The molecule has 0 heterocycles. The van der Waals surface area contributed by atoms with Gasteiger partial charge in [0.15, 0.2) is 6.29 Å². The third-order valence-corrected chi connectivity index (χ3v) is 1.66. The summed E-state index contributed by atoms with van der Waals surface area (Å²) in [5.41, 5.74) is 0. The van der Waals surface area contributed by atoms with Crippen molar-refractivity contribution in [1.29, 1.82) is 0 Å². The fourth-order valence-electron chi connectivity index (χ4n) is 1.03. The van der Waals surface area contributed by atoms with Crippen molar-refractivity contribution in [2.75, 3.05) is 13.2 Å². The lowest BCUT2D eigenvalue weighted by Gasteiger charge is -2.22. The van der Waals surface area contributed by atoms with Crippen molar-refractivity contribution in [3.05, 3.63) is 25.3 Å². The zero-order valence-corrected chi connectivity index (χ0v) is 8.82. The first-order chi connectivity index (χ1) is 6.76. The molecule has 0 aromatic carbocycles. The Balaban J connectivity index is 3.92. The van der Waals surface area contributed by atoms with Crippen molar-refractivity contribution >= 4 is 0 Å². The molecule has 1 atom stereocenters. The molecule has 0 saturated heterocycles. The topological polar surface area (TPSA) is 38.7 Å². The summed E-state index contributed by atoms with van der Waals surface area (Å²) >= 11 is 0. The Bertz CT molecular complexity index is 145. The van der Waals surface area contributed by atoms with Gasteiger partial charge in [-0.1, -0.05) is 25.5 Å². The SMILES string of the molecule is C=CCOC(OCC=C)C(O)CCC. The smallest absolute Gasteiger partial charge is 0.184 e. The van der Waals surface area contributed by atoms with Gasteiger partial charge in [0.05, 0.1) is 13.2 Å². The Hall–Kier alpha value is -0.640. The van der Waals surface area contributed by atoms with Crippen molar-refractivity contribution in [2.45, 2.75) is 32.2 Å². The van der Waals surface area contributed by atoms with Crippen molar-refractivity contribution in [1.82, 2.24) is 0 Å². The molecule has 0 aromatic rings. The minimum absolute atomic E-state index is 0.378. The van der Waals surface area contributed by atoms with Crippen LogP contribution < -0.4 is 0 Å². The highest BCUT2D eigenvalue weighted by Gasteiger charge is 2.18. The zero-order valence-electron chi connectivity index (χ0n) is 8.82. The number of aliphatic hydroxyl groups excluding tert-OH is 1. The summed E-state index contributed by atoms with van der Waals surface area (Å²) in [7, 11) is 0. The molecule has 1 N–H and O–H groups in total. The van der Waals surface area contributed by atoms with E-state index in [9.17, 15) is 5.11 Å². The molecule has 82 valence electrons. The van der Waals surface area contributed by atoms with Crippen LogP contribution in [0.15, 0.2) is 25.3 Å². The zero-order chi connectivity index (χ0) is 10.8. The maximum absolute atomic E-state index is 9.64. The van der Waals surface area contributed by atoms with E-state index in [0.29, 0.717) is 19.6 Å². The monoisotopic (exact) mass is 200 g/mol. The van der Waals surface area contributed by atoms with Gasteiger partial charge >= 0.3 is 0 Å². The summed E-state index contributed by atoms with van der Waals surface area (Å²) in [4.78, 5) is 0. The standard InChI is InChI=1S/C11H20O3/c1-4-7-10(12)11(13-8-5-2)14-9-6-3/h5-6,10-12H,2-4,7-9H2,1H3. The van der Waals surface area contributed by atoms with Crippen LogP contribution in [-0.2, 0) is 9.47 Å². The number of rotatable bonds is 9. The van der Waals surface area contributed by atoms with Crippen LogP contribution >= 0.6 is 0 Å². The van der Waals surface area contributed by atoms with Gasteiger partial charge in [-0.25, -0.2) is 0 Å². The van der Waals surface area contributed by atoms with Crippen LogP contribution in [0.4, 0.5) is 0 Å². The molecule has 3 nitrogen and oxygen atoms in total. The van der Waals surface area contributed by atoms with Crippen LogP contribution in [-0.4, -0.2) is 30.7 Å². The van der Waals surface area contributed by atoms with Crippen LogP contribution in [0.3, 0.4) is 0 Å². The molecule has 0 spiro atoms. The summed E-state index contributed by atoms with van der Waals surface area (Å²) in [6, 6.07) is 0. The maximum Gasteiger partial charge on any atom is 0.184 e. The van der Waals surface area contributed by atoms with E-state index in [1.54, 1.807) is 12.2 Å². The normalized spacial score (nSPS) is 12.8. The van der Waals surface area contributed by atoms with E-state index in [4.69, 9.17) is 9.47 Å². The van der Waals surface area contributed by atoms with E-state index in [1.165, 1.54) is 0 Å². The molecule has 0 radical (unpaired) electrons. The highest BCUT2D eigenvalue weighted by molar-refractivity contribution is 4.70. The number of aliphatic hydroxyl groups is 1. The van der Waals surface area contributed by atoms with Gasteiger partial charge in [0, 0.05) is 0 Å². The second-order valence-electron chi connectivity index (χ2n) is 2.97. The summed E-state index contributed by atoms with van der Waals surface area (Å²) < 4.78 is 10.5. The van der Waals surface area contributed by atoms with Crippen molar-refractivity contribution in [3.8, 4) is 0 Å². The second kappa shape index (κ2) is 8.94. The van der Waals surface area contributed by atoms with E-state index in [0.717, 1.165) is 6.42 Å². The number of ether oxygens (including phenoxy) is 2. The number of hydrogen-bond acceptors (Lipinski definition) is 3. The lowest BCUT2D eigenvalue weighted by Crippen LogP contribution is -2.32. The first kappa shape index (κ1) is 13.4. The Labute approximate surface area is 86.0 Å². The molecule has 0 amide bonds. The molecule has 0 bridgehead atoms. The molecule has 0 aliphatic heterocycles. The van der Waals surface area contributed by atoms with Gasteiger partial charge in [0.25, 0.3) is 0 Å². The lowest BCUT2D eigenvalue weighted by atomic mass is 10.2. The molecule has 3 heteroatoms. The summed E-state index contributed by atoms with van der Waals surface area (Å²) in [5, 5.41) is 9.64. The van der Waals surface area contributed by atoms with Crippen LogP contribution in [0.2, 0.25) is 0 Å². The molecule has 0 fully saturated rings. The molecule has 0 aromatic heterocycles. The van der Waals surface area contributed by atoms with Crippen LogP contribution in [0.1, 0.15) is 19.8 Å². The van der Waals surface area contributed by atoms with Gasteiger partial charge < -0.3 is 14.6 Å². The molecule has 1 unspecified atom stereocenters. The van der Waals surface area contributed by atoms with Crippen LogP contribution in [0.25, 0.3) is 0 Å². The molecule has 0 aliphatic rings. The van der Waals surface area contributed by atoms with Crippen molar-refractivity contribution in [3.63, 3.8) is 0 Å². The van der Waals surface area contributed by atoms with Gasteiger partial charge in [-0.15, -0.1) is 13.2 Å². The van der Waals surface area contributed by atoms with E-state index in [2.05, 4.69) is 13.2 Å². The third kappa shape index (κ3) is 5.91. The maximum atomic E-state index is 9.64. The van der Waals surface area contributed by atoms with Crippen LogP contribution in [0, 0.1) is 0 Å². The Morgan fingerprint density at radius 3 is 2.07 bits per heavy atom. The predicted octanol–water partition coefficient (Wildman–Crippen LogP) is 1.88. The average molecular weight is 200 g/mol. The Morgan fingerprint density at radius 1 is 1.21 bits per heavy atom. The molecule has 0 rings (SSSR count). The highest BCUT2D eigenvalue weighted by atomic mass is 16.7. The fraction of sp³-hybridized carbons (Fsp3) is 0.636. The molecule has 0 aliphatic carbocycles. The van der Waals surface area contributed by atoms with E-state index in [-0.39, 0.29) is 0 Å². The van der Waals surface area contributed by atoms with Crippen molar-refractivity contribution in [2.24, 2.45) is 0 Å². The van der Waals surface area contributed by atoms with E-state index >= 15 is 0 Å². The molecule has 0 saturated carbocycles. The largest absolute Gasteiger partial charge is 0.388 e. The summed E-state index contributed by atoms with van der Waals surface area (Å²) in [6.45, 7) is 9.83. The van der Waals surface area contributed by atoms with Gasteiger partial charge in [0.1, 0.15) is 6.10 Å². The minimum Gasteiger partial charge on any atom is -0.388 e. The van der Waals surface area contributed by atoms with Crippen molar-refractivity contribution < 1.29 is 14.6 Å². The highest BCUT2D eigenvalue weighted by Crippen LogP contribution is 2.08. The lowest BCUT2D eigenvalue weighted by molar-refractivity contribution is -0.183. The summed E-state index contributed by atoms with van der Waals surface area (Å²) in [5.74, 6) is 0. The molecule has 14 heavy (non-hydrogen) atoms. The first-order valence-corrected chi connectivity index (χ1v) is 4.89.